The summed E-state index contributed by atoms with van der Waals surface area (Å²) in [4.78, 5) is 40.9. The van der Waals surface area contributed by atoms with Crippen molar-refractivity contribution in [3.8, 4) is 0 Å². The Bertz CT molecular complexity index is 956. The molecule has 1 heterocycles. The summed E-state index contributed by atoms with van der Waals surface area (Å²) in [5.74, 6) is -2.63. The number of benzene rings is 2. The van der Waals surface area contributed by atoms with E-state index in [0.29, 0.717) is 0 Å². The molecule has 0 saturated carbocycles. The van der Waals surface area contributed by atoms with Crippen molar-refractivity contribution in [1.29, 1.82) is 0 Å². The van der Waals surface area contributed by atoms with Crippen LogP contribution in [0.5, 0.6) is 0 Å². The van der Waals surface area contributed by atoms with Gasteiger partial charge in [0.05, 0.1) is 16.4 Å². The fraction of sp³-hybridized carbons (Fsp3) is 0.211. The van der Waals surface area contributed by atoms with Crippen molar-refractivity contribution in [2.24, 2.45) is 0 Å². The molecule has 0 fully saturated rings. The minimum atomic E-state index is -1.36. The standard InChI is InChI=1S/C19H16N2O7/c1-2-27-19(23)16-15(13-9-6-10-14(11-13)20(24)25)18(28-21(16)26)17(22)12-7-4-3-5-8-12/h3-11,15,18H,2H2,1H3. The highest BCUT2D eigenvalue weighted by atomic mass is 16.9. The Morgan fingerprint density at radius 1 is 1.18 bits per heavy atom. The molecule has 0 spiro atoms. The van der Waals surface area contributed by atoms with Crippen molar-refractivity contribution in [3.63, 3.8) is 0 Å². The van der Waals surface area contributed by atoms with E-state index in [1.54, 1.807) is 37.3 Å². The molecule has 9 nitrogen and oxygen atoms in total. The molecule has 9 heteroatoms. The van der Waals surface area contributed by atoms with Gasteiger partial charge in [0.25, 0.3) is 5.69 Å². The molecular formula is C19H16N2O7. The first-order valence-electron chi connectivity index (χ1n) is 8.45. The third-order valence-corrected chi connectivity index (χ3v) is 4.24. The van der Waals surface area contributed by atoms with Gasteiger partial charge < -0.3 is 9.57 Å². The fourth-order valence-corrected chi connectivity index (χ4v) is 3.01. The van der Waals surface area contributed by atoms with Gasteiger partial charge in [0, 0.05) is 17.7 Å². The average Bonchev–Trinajstić information content (AvgIpc) is 3.05. The molecule has 144 valence electrons. The number of rotatable bonds is 6. The summed E-state index contributed by atoms with van der Waals surface area (Å²) < 4.78 is 4.92. The van der Waals surface area contributed by atoms with Crippen LogP contribution in [-0.4, -0.2) is 40.0 Å². The van der Waals surface area contributed by atoms with Gasteiger partial charge in [-0.25, -0.2) is 4.79 Å². The van der Waals surface area contributed by atoms with E-state index in [1.807, 2.05) is 0 Å². The van der Waals surface area contributed by atoms with Gasteiger partial charge in [0.1, 0.15) is 12.0 Å². The topological polar surface area (TPSA) is 122 Å². The first-order chi connectivity index (χ1) is 13.4. The molecule has 2 aromatic rings. The second-order valence-electron chi connectivity index (χ2n) is 5.95. The second kappa shape index (κ2) is 7.87. The molecule has 1 aliphatic rings. The first-order valence-corrected chi connectivity index (χ1v) is 8.45. The van der Waals surface area contributed by atoms with Gasteiger partial charge in [-0.1, -0.05) is 42.5 Å². The average molecular weight is 384 g/mol. The normalized spacial score (nSPS) is 18.5. The highest BCUT2D eigenvalue weighted by Crippen LogP contribution is 2.33. The predicted octanol–water partition coefficient (Wildman–Crippen LogP) is 2.39. The highest BCUT2D eigenvalue weighted by Gasteiger charge is 2.49. The van der Waals surface area contributed by atoms with Gasteiger partial charge in [-0.3, -0.25) is 20.1 Å². The molecule has 2 aromatic carbocycles. The molecule has 2 atom stereocenters. The summed E-state index contributed by atoms with van der Waals surface area (Å²) in [5, 5.41) is 23.4. The van der Waals surface area contributed by atoms with Crippen LogP contribution in [0, 0.1) is 15.3 Å². The Morgan fingerprint density at radius 3 is 2.54 bits per heavy atom. The summed E-state index contributed by atoms with van der Waals surface area (Å²) in [6, 6.07) is 13.5. The second-order valence-corrected chi connectivity index (χ2v) is 5.95. The van der Waals surface area contributed by atoms with E-state index in [1.165, 1.54) is 24.3 Å². The van der Waals surface area contributed by atoms with Gasteiger partial charge in [-0.2, -0.15) is 0 Å². The van der Waals surface area contributed by atoms with Crippen molar-refractivity contribution in [3.05, 3.63) is 81.0 Å². The lowest BCUT2D eigenvalue weighted by Crippen LogP contribution is -2.33. The molecule has 0 aliphatic carbocycles. The number of hydrogen-bond donors (Lipinski definition) is 0. The maximum atomic E-state index is 12.9. The largest absolute Gasteiger partial charge is 0.458 e. The van der Waals surface area contributed by atoms with Crippen LogP contribution in [0.15, 0.2) is 54.6 Å². The number of hydrogen-bond acceptors (Lipinski definition) is 7. The van der Waals surface area contributed by atoms with Crippen molar-refractivity contribution in [2.45, 2.75) is 18.9 Å². The Balaban J connectivity index is 2.08. The minimum absolute atomic E-state index is 0.00906. The lowest BCUT2D eigenvalue weighted by atomic mass is 9.85. The van der Waals surface area contributed by atoms with Crippen LogP contribution in [0.25, 0.3) is 0 Å². The van der Waals surface area contributed by atoms with Crippen molar-refractivity contribution >= 4 is 23.2 Å². The minimum Gasteiger partial charge on any atom is -0.458 e. The zero-order chi connectivity index (χ0) is 20.3. The SMILES string of the molecule is CCOC(=O)C1=[N+]([O-])OC(C(=O)c2ccccc2)C1c1cccc([N+](=O)[O-])c1. The van der Waals surface area contributed by atoms with Crippen LogP contribution in [-0.2, 0) is 14.4 Å². The number of esters is 1. The lowest BCUT2D eigenvalue weighted by Gasteiger charge is -2.18. The predicted molar refractivity (Wildman–Crippen MR) is 96.8 cm³/mol. The summed E-state index contributed by atoms with van der Waals surface area (Å²) in [5.41, 5.74) is -0.168. The smallest absolute Gasteiger partial charge is 0.405 e. The van der Waals surface area contributed by atoms with Gasteiger partial charge in [0.2, 0.25) is 0 Å². The summed E-state index contributed by atoms with van der Waals surface area (Å²) in [6.07, 6.45) is -1.36. The number of non-ortho nitro benzene ring substituents is 1. The number of carbonyl (C=O) groups excluding carboxylic acids is 2. The van der Waals surface area contributed by atoms with Crippen LogP contribution < -0.4 is 0 Å². The van der Waals surface area contributed by atoms with E-state index in [0.717, 1.165) is 0 Å². The fourth-order valence-electron chi connectivity index (χ4n) is 3.01. The quantitative estimate of drug-likeness (QED) is 0.246. The molecule has 0 aromatic heterocycles. The molecule has 1 aliphatic heterocycles. The molecule has 28 heavy (non-hydrogen) atoms. The third-order valence-electron chi connectivity index (χ3n) is 4.24. The summed E-state index contributed by atoms with van der Waals surface area (Å²) in [6.45, 7) is 1.58. The molecule has 0 bridgehead atoms. The van der Waals surface area contributed by atoms with E-state index in [4.69, 9.17) is 9.57 Å². The monoisotopic (exact) mass is 384 g/mol. The number of Topliss-reactive ketones (excluding diaryl/α,β-unsaturated/α-hetero) is 1. The van der Waals surface area contributed by atoms with Crippen LogP contribution in [0.1, 0.15) is 28.8 Å². The number of ketones is 1. The lowest BCUT2D eigenvalue weighted by molar-refractivity contribution is -0.736. The Hall–Kier alpha value is -3.75. The van der Waals surface area contributed by atoms with Gasteiger partial charge in [-0.05, 0) is 12.5 Å². The first kappa shape index (κ1) is 19.0. The molecule has 0 amide bonds. The van der Waals surface area contributed by atoms with Crippen LogP contribution in [0.3, 0.4) is 0 Å². The Morgan fingerprint density at radius 2 is 1.89 bits per heavy atom. The van der Waals surface area contributed by atoms with E-state index in [2.05, 4.69) is 0 Å². The zero-order valence-electron chi connectivity index (χ0n) is 14.8. The van der Waals surface area contributed by atoms with Crippen molar-refractivity contribution in [1.82, 2.24) is 0 Å². The molecule has 2 unspecified atom stereocenters. The zero-order valence-corrected chi connectivity index (χ0v) is 14.8. The maximum absolute atomic E-state index is 12.9. The summed E-state index contributed by atoms with van der Waals surface area (Å²) >= 11 is 0. The van der Waals surface area contributed by atoms with Crippen molar-refractivity contribution in [2.75, 3.05) is 6.61 Å². The molecular weight excluding hydrogens is 368 g/mol. The van der Waals surface area contributed by atoms with E-state index < -0.39 is 34.4 Å². The maximum Gasteiger partial charge on any atom is 0.405 e. The highest BCUT2D eigenvalue weighted by molar-refractivity contribution is 6.37. The Labute approximate surface area is 159 Å². The number of carbonyl (C=O) groups is 2. The Kier molecular flexibility index (Phi) is 5.35. The number of ether oxygens (including phenoxy) is 1. The number of nitro benzene ring substituents is 1. The van der Waals surface area contributed by atoms with Crippen LogP contribution in [0.4, 0.5) is 5.69 Å². The van der Waals surface area contributed by atoms with Gasteiger partial charge in [0.15, 0.2) is 5.78 Å². The van der Waals surface area contributed by atoms with Gasteiger partial charge >= 0.3 is 11.7 Å². The van der Waals surface area contributed by atoms with E-state index in [-0.39, 0.29) is 28.3 Å². The molecule has 0 saturated heterocycles. The molecule has 0 radical (unpaired) electrons. The van der Waals surface area contributed by atoms with Gasteiger partial charge in [-0.15, -0.1) is 0 Å². The number of nitrogens with zero attached hydrogens (tertiary/aromatic N) is 2. The summed E-state index contributed by atoms with van der Waals surface area (Å²) in [7, 11) is 0. The number of nitro groups is 1. The van der Waals surface area contributed by atoms with Crippen LogP contribution >= 0.6 is 0 Å². The van der Waals surface area contributed by atoms with Crippen LogP contribution in [0.2, 0.25) is 0 Å². The molecule has 3 rings (SSSR count). The molecule has 0 N–H and O–H groups in total. The van der Waals surface area contributed by atoms with Crippen molar-refractivity contribution < 1.29 is 29.0 Å². The van der Waals surface area contributed by atoms with E-state index in [9.17, 15) is 24.9 Å². The third kappa shape index (κ3) is 3.54. The van der Waals surface area contributed by atoms with E-state index >= 15 is 0 Å².